The van der Waals surface area contributed by atoms with Gasteiger partial charge in [0.25, 0.3) is 0 Å². The van der Waals surface area contributed by atoms with Gasteiger partial charge in [0.1, 0.15) is 5.60 Å². The molecule has 1 aromatic rings. The molecule has 1 fully saturated rings. The molecule has 0 aliphatic carbocycles. The average Bonchev–Trinajstić information content (AvgIpc) is 2.82. The minimum atomic E-state index is -0.302. The first-order valence-corrected chi connectivity index (χ1v) is 6.68. The number of nitrogens with zero attached hydrogens (tertiary/aromatic N) is 3. The zero-order valence-corrected chi connectivity index (χ0v) is 11.7. The van der Waals surface area contributed by atoms with Gasteiger partial charge in [-0.1, -0.05) is 0 Å². The summed E-state index contributed by atoms with van der Waals surface area (Å²) >= 11 is 0. The van der Waals surface area contributed by atoms with E-state index in [1.54, 1.807) is 4.68 Å². The Hall–Kier alpha value is -0.950. The Morgan fingerprint density at radius 1 is 1.53 bits per heavy atom. The van der Waals surface area contributed by atoms with Crippen molar-refractivity contribution < 1.29 is 14.6 Å². The second-order valence-electron chi connectivity index (χ2n) is 5.09. The van der Waals surface area contributed by atoms with E-state index in [-0.39, 0.29) is 12.2 Å². The molecule has 1 saturated heterocycles. The number of ether oxygens (including phenoxy) is 2. The summed E-state index contributed by atoms with van der Waals surface area (Å²) in [5, 5.41) is 12.9. The molecule has 0 radical (unpaired) electrons. The van der Waals surface area contributed by atoms with E-state index < -0.39 is 0 Å². The van der Waals surface area contributed by atoms with Crippen molar-refractivity contribution in [3.63, 3.8) is 0 Å². The highest BCUT2D eigenvalue weighted by Gasteiger charge is 2.34. The number of rotatable bonds is 6. The van der Waals surface area contributed by atoms with Gasteiger partial charge in [-0.25, -0.2) is 0 Å². The van der Waals surface area contributed by atoms with Crippen LogP contribution in [0.25, 0.3) is 0 Å². The Labute approximate surface area is 113 Å². The van der Waals surface area contributed by atoms with Crippen molar-refractivity contribution in [2.24, 2.45) is 7.05 Å². The zero-order valence-electron chi connectivity index (χ0n) is 11.7. The standard InChI is InChI=1S/C13H23N3O3/c1-13(12-9-14-15(2)10-12)11-16(4-7-19-13)3-6-18-8-5-17/h9-10,17H,3-8,11H2,1-2H3. The minimum Gasteiger partial charge on any atom is -0.394 e. The first-order valence-electron chi connectivity index (χ1n) is 6.68. The Morgan fingerprint density at radius 3 is 3.05 bits per heavy atom. The van der Waals surface area contributed by atoms with Gasteiger partial charge >= 0.3 is 0 Å². The summed E-state index contributed by atoms with van der Waals surface area (Å²) < 4.78 is 13.1. The van der Waals surface area contributed by atoms with E-state index in [2.05, 4.69) is 16.9 Å². The molecule has 1 unspecified atom stereocenters. The highest BCUT2D eigenvalue weighted by atomic mass is 16.5. The fourth-order valence-corrected chi connectivity index (χ4v) is 2.37. The van der Waals surface area contributed by atoms with Crippen molar-refractivity contribution in [3.05, 3.63) is 18.0 Å². The number of hydrogen-bond acceptors (Lipinski definition) is 5. The smallest absolute Gasteiger partial charge is 0.106 e. The normalized spacial score (nSPS) is 24.8. The third-order valence-corrected chi connectivity index (χ3v) is 3.46. The summed E-state index contributed by atoms with van der Waals surface area (Å²) in [6.07, 6.45) is 3.87. The van der Waals surface area contributed by atoms with Gasteiger partial charge in [0.15, 0.2) is 0 Å². The SMILES string of the molecule is Cn1cc(C2(C)CN(CCOCCO)CCO2)cn1. The van der Waals surface area contributed by atoms with Gasteiger partial charge in [0.2, 0.25) is 0 Å². The van der Waals surface area contributed by atoms with Crippen LogP contribution in [-0.2, 0) is 22.1 Å². The molecule has 1 N–H and O–H groups in total. The van der Waals surface area contributed by atoms with Gasteiger partial charge in [0.05, 0.1) is 32.6 Å². The first-order chi connectivity index (χ1) is 9.14. The Kier molecular flexibility index (Phi) is 4.93. The maximum Gasteiger partial charge on any atom is 0.106 e. The lowest BCUT2D eigenvalue weighted by molar-refractivity contribution is -0.107. The van der Waals surface area contributed by atoms with E-state index in [9.17, 15) is 0 Å². The molecule has 0 saturated carbocycles. The molecule has 2 heterocycles. The Morgan fingerprint density at radius 2 is 2.37 bits per heavy atom. The van der Waals surface area contributed by atoms with Crippen LogP contribution in [0.15, 0.2) is 12.4 Å². The van der Waals surface area contributed by atoms with Crippen molar-refractivity contribution in [2.75, 3.05) is 46.1 Å². The molecular formula is C13H23N3O3. The molecule has 1 atom stereocenters. The maximum atomic E-state index is 8.67. The van der Waals surface area contributed by atoms with Gasteiger partial charge in [0, 0.05) is 38.4 Å². The van der Waals surface area contributed by atoms with Crippen LogP contribution < -0.4 is 0 Å². The molecule has 0 aromatic carbocycles. The molecule has 6 nitrogen and oxygen atoms in total. The molecule has 1 aliphatic rings. The summed E-state index contributed by atoms with van der Waals surface area (Å²) in [5.74, 6) is 0. The van der Waals surface area contributed by atoms with Crippen molar-refractivity contribution >= 4 is 0 Å². The van der Waals surface area contributed by atoms with Crippen molar-refractivity contribution in [1.82, 2.24) is 14.7 Å². The maximum absolute atomic E-state index is 8.67. The van der Waals surface area contributed by atoms with Crippen molar-refractivity contribution in [1.29, 1.82) is 0 Å². The number of hydrogen-bond donors (Lipinski definition) is 1. The van der Waals surface area contributed by atoms with Crippen LogP contribution in [0.3, 0.4) is 0 Å². The zero-order chi connectivity index (χ0) is 13.7. The first kappa shape index (κ1) is 14.5. The van der Waals surface area contributed by atoms with Gasteiger partial charge < -0.3 is 14.6 Å². The van der Waals surface area contributed by atoms with Crippen LogP contribution >= 0.6 is 0 Å². The van der Waals surface area contributed by atoms with Crippen LogP contribution in [-0.4, -0.2) is 65.8 Å². The molecule has 0 spiro atoms. The van der Waals surface area contributed by atoms with E-state index in [0.29, 0.717) is 19.8 Å². The number of aromatic nitrogens is 2. The van der Waals surface area contributed by atoms with Crippen LogP contribution in [0, 0.1) is 0 Å². The third kappa shape index (κ3) is 3.76. The summed E-state index contributed by atoms with van der Waals surface area (Å²) in [6.45, 7) is 6.55. The second kappa shape index (κ2) is 6.47. The van der Waals surface area contributed by atoms with E-state index in [0.717, 1.165) is 25.2 Å². The number of aliphatic hydroxyl groups is 1. The van der Waals surface area contributed by atoms with Crippen molar-refractivity contribution in [3.8, 4) is 0 Å². The van der Waals surface area contributed by atoms with Gasteiger partial charge in [-0.3, -0.25) is 9.58 Å². The van der Waals surface area contributed by atoms with Gasteiger partial charge in [-0.15, -0.1) is 0 Å². The summed E-state index contributed by atoms with van der Waals surface area (Å²) in [6, 6.07) is 0. The van der Waals surface area contributed by atoms with E-state index >= 15 is 0 Å². The van der Waals surface area contributed by atoms with E-state index in [1.165, 1.54) is 0 Å². The average molecular weight is 269 g/mol. The second-order valence-corrected chi connectivity index (χ2v) is 5.09. The molecule has 1 aromatic heterocycles. The Bertz CT molecular complexity index is 396. The molecule has 19 heavy (non-hydrogen) atoms. The van der Waals surface area contributed by atoms with Gasteiger partial charge in [-0.05, 0) is 6.92 Å². The predicted octanol–water partition coefficient (Wildman–Crippen LogP) is -0.0236. The molecule has 6 heteroatoms. The summed E-state index contributed by atoms with van der Waals surface area (Å²) in [4.78, 5) is 2.33. The fourth-order valence-electron chi connectivity index (χ4n) is 2.37. The van der Waals surface area contributed by atoms with Crippen LogP contribution in [0.4, 0.5) is 0 Å². The minimum absolute atomic E-state index is 0.0799. The summed E-state index contributed by atoms with van der Waals surface area (Å²) in [5.41, 5.74) is 0.805. The fraction of sp³-hybridized carbons (Fsp3) is 0.769. The highest BCUT2D eigenvalue weighted by Crippen LogP contribution is 2.28. The van der Waals surface area contributed by atoms with Crippen LogP contribution in [0.5, 0.6) is 0 Å². The lowest BCUT2D eigenvalue weighted by Gasteiger charge is -2.40. The lowest BCUT2D eigenvalue weighted by Crippen LogP contribution is -2.49. The largest absolute Gasteiger partial charge is 0.394 e. The molecular weight excluding hydrogens is 246 g/mol. The summed E-state index contributed by atoms with van der Waals surface area (Å²) in [7, 11) is 1.91. The quantitative estimate of drug-likeness (QED) is 0.735. The monoisotopic (exact) mass is 269 g/mol. The van der Waals surface area contributed by atoms with Crippen LogP contribution in [0.1, 0.15) is 12.5 Å². The van der Waals surface area contributed by atoms with Gasteiger partial charge in [-0.2, -0.15) is 5.10 Å². The molecule has 0 bridgehead atoms. The highest BCUT2D eigenvalue weighted by molar-refractivity contribution is 5.16. The third-order valence-electron chi connectivity index (χ3n) is 3.46. The number of morpholine rings is 1. The molecule has 1 aliphatic heterocycles. The topological polar surface area (TPSA) is 59.8 Å². The number of aryl methyl sites for hydroxylation is 1. The van der Waals surface area contributed by atoms with E-state index in [4.69, 9.17) is 14.6 Å². The molecule has 0 amide bonds. The predicted molar refractivity (Wildman–Crippen MR) is 70.9 cm³/mol. The van der Waals surface area contributed by atoms with Crippen molar-refractivity contribution in [2.45, 2.75) is 12.5 Å². The Balaban J connectivity index is 1.89. The van der Waals surface area contributed by atoms with Crippen LogP contribution in [0.2, 0.25) is 0 Å². The lowest BCUT2D eigenvalue weighted by atomic mass is 9.97. The molecule has 2 rings (SSSR count). The number of aliphatic hydroxyl groups excluding tert-OH is 1. The molecule has 108 valence electrons. The van der Waals surface area contributed by atoms with E-state index in [1.807, 2.05) is 19.4 Å².